The van der Waals surface area contributed by atoms with Crippen LogP contribution >= 0.6 is 0 Å². The number of aromatic nitrogens is 3. The number of carbonyl (C=O) groups excluding carboxylic acids is 3. The number of hydrogen-bond acceptors (Lipinski definition) is 4. The molecule has 0 fully saturated rings. The van der Waals surface area contributed by atoms with Gasteiger partial charge in [-0.3, -0.25) is 23.6 Å². The Morgan fingerprint density at radius 1 is 1.00 bits per heavy atom. The van der Waals surface area contributed by atoms with Gasteiger partial charge in [0.05, 0.1) is 29.6 Å². The maximum atomic E-state index is 13.2. The summed E-state index contributed by atoms with van der Waals surface area (Å²) in [5.41, 5.74) is 4.12. The zero-order valence-corrected chi connectivity index (χ0v) is 19.9. The van der Waals surface area contributed by atoms with Crippen LogP contribution in [0.3, 0.4) is 0 Å². The van der Waals surface area contributed by atoms with E-state index in [0.29, 0.717) is 35.4 Å². The molecule has 0 atom stereocenters. The molecule has 35 heavy (non-hydrogen) atoms. The molecule has 0 unspecified atom stereocenters. The minimum atomic E-state index is -0.364. The van der Waals surface area contributed by atoms with E-state index in [1.807, 2.05) is 54.6 Å². The second-order valence-electron chi connectivity index (χ2n) is 8.46. The summed E-state index contributed by atoms with van der Waals surface area (Å²) in [4.78, 5) is 37.7. The van der Waals surface area contributed by atoms with Crippen molar-refractivity contribution >= 4 is 40.3 Å². The van der Waals surface area contributed by atoms with Gasteiger partial charge in [-0.05, 0) is 44.5 Å². The van der Waals surface area contributed by atoms with E-state index >= 15 is 0 Å². The van der Waals surface area contributed by atoms with Crippen molar-refractivity contribution in [1.82, 2.24) is 14.3 Å². The van der Waals surface area contributed by atoms with Crippen LogP contribution in [0.25, 0.3) is 16.5 Å². The summed E-state index contributed by atoms with van der Waals surface area (Å²) >= 11 is 0. The molecule has 0 aliphatic carbocycles. The van der Waals surface area contributed by atoms with Crippen LogP contribution in [-0.4, -0.2) is 32.4 Å². The molecule has 7 nitrogen and oxygen atoms in total. The SMILES string of the molecule is CC(=O)/C(=C\C(C(=O)Nc1cnn(Cc2ccccc2)c1)=C(C)C)c1cc2ccccc2n1C=O. The summed E-state index contributed by atoms with van der Waals surface area (Å²) in [5.74, 6) is -0.616. The second kappa shape index (κ2) is 10.2. The van der Waals surface area contributed by atoms with Crippen molar-refractivity contribution in [3.05, 3.63) is 102 Å². The van der Waals surface area contributed by atoms with Crippen LogP contribution in [0.15, 0.2) is 90.3 Å². The van der Waals surface area contributed by atoms with Crippen molar-refractivity contribution in [2.45, 2.75) is 27.3 Å². The molecule has 2 aromatic heterocycles. The highest BCUT2D eigenvalue weighted by Crippen LogP contribution is 2.27. The van der Waals surface area contributed by atoms with Gasteiger partial charge in [0.25, 0.3) is 5.91 Å². The van der Waals surface area contributed by atoms with E-state index in [2.05, 4.69) is 10.4 Å². The summed E-state index contributed by atoms with van der Waals surface area (Å²) in [7, 11) is 0. The number of allylic oxidation sites excluding steroid dienone is 2. The minimum Gasteiger partial charge on any atom is -0.319 e. The Bertz CT molecular complexity index is 1470. The van der Waals surface area contributed by atoms with Crippen molar-refractivity contribution in [1.29, 1.82) is 0 Å². The van der Waals surface area contributed by atoms with Gasteiger partial charge in [0.2, 0.25) is 6.41 Å². The third-order valence-electron chi connectivity index (χ3n) is 5.66. The van der Waals surface area contributed by atoms with Gasteiger partial charge >= 0.3 is 0 Å². The number of rotatable bonds is 8. The Kier molecular flexibility index (Phi) is 6.87. The lowest BCUT2D eigenvalue weighted by molar-refractivity contribution is -0.112. The Morgan fingerprint density at radius 2 is 1.71 bits per heavy atom. The zero-order valence-electron chi connectivity index (χ0n) is 19.9. The number of anilines is 1. The summed E-state index contributed by atoms with van der Waals surface area (Å²) < 4.78 is 3.17. The van der Waals surface area contributed by atoms with Gasteiger partial charge in [0.1, 0.15) is 0 Å². The largest absolute Gasteiger partial charge is 0.319 e. The first-order chi connectivity index (χ1) is 16.9. The van der Waals surface area contributed by atoms with Crippen LogP contribution in [0.5, 0.6) is 0 Å². The van der Waals surface area contributed by atoms with Crippen molar-refractivity contribution < 1.29 is 14.4 Å². The fraction of sp³-hybridized carbons (Fsp3) is 0.143. The van der Waals surface area contributed by atoms with Crippen LogP contribution in [0.4, 0.5) is 5.69 Å². The predicted molar refractivity (Wildman–Crippen MR) is 138 cm³/mol. The van der Waals surface area contributed by atoms with Crippen molar-refractivity contribution in [3.8, 4) is 0 Å². The molecule has 0 spiro atoms. The van der Waals surface area contributed by atoms with Crippen molar-refractivity contribution in [3.63, 3.8) is 0 Å². The van der Waals surface area contributed by atoms with E-state index in [4.69, 9.17) is 0 Å². The third-order valence-corrected chi connectivity index (χ3v) is 5.66. The summed E-state index contributed by atoms with van der Waals surface area (Å²) in [6, 6.07) is 19.1. The molecule has 2 heterocycles. The lowest BCUT2D eigenvalue weighted by Gasteiger charge is -2.10. The highest BCUT2D eigenvalue weighted by atomic mass is 16.2. The van der Waals surface area contributed by atoms with Gasteiger partial charge in [-0.15, -0.1) is 0 Å². The monoisotopic (exact) mass is 466 g/mol. The molecule has 2 aromatic carbocycles. The van der Waals surface area contributed by atoms with Crippen LogP contribution < -0.4 is 5.32 Å². The normalized spacial score (nSPS) is 11.3. The van der Waals surface area contributed by atoms with Gasteiger partial charge in [-0.2, -0.15) is 5.10 Å². The Hall–Kier alpha value is -4.52. The van der Waals surface area contributed by atoms with Gasteiger partial charge in [0, 0.05) is 22.7 Å². The molecule has 4 rings (SSSR count). The predicted octanol–water partition coefficient (Wildman–Crippen LogP) is 4.87. The number of nitrogens with zero attached hydrogens (tertiary/aromatic N) is 3. The summed E-state index contributed by atoms with van der Waals surface area (Å²) in [5, 5.41) is 8.02. The number of para-hydroxylation sites is 1. The smallest absolute Gasteiger partial charge is 0.255 e. The van der Waals surface area contributed by atoms with Gasteiger partial charge < -0.3 is 5.32 Å². The number of ketones is 1. The van der Waals surface area contributed by atoms with Crippen LogP contribution in [0, 0.1) is 0 Å². The van der Waals surface area contributed by atoms with Gasteiger partial charge in [0.15, 0.2) is 5.78 Å². The van der Waals surface area contributed by atoms with E-state index in [-0.39, 0.29) is 17.3 Å². The van der Waals surface area contributed by atoms with E-state index in [1.165, 1.54) is 11.5 Å². The molecule has 0 saturated carbocycles. The number of benzene rings is 2. The fourth-order valence-corrected chi connectivity index (χ4v) is 3.92. The van der Waals surface area contributed by atoms with E-state index in [0.717, 1.165) is 16.5 Å². The van der Waals surface area contributed by atoms with Crippen LogP contribution in [-0.2, 0) is 20.9 Å². The first-order valence-electron chi connectivity index (χ1n) is 11.2. The highest BCUT2D eigenvalue weighted by Gasteiger charge is 2.19. The fourth-order valence-electron chi connectivity index (χ4n) is 3.92. The average molecular weight is 467 g/mol. The van der Waals surface area contributed by atoms with Crippen LogP contribution in [0.1, 0.15) is 32.0 Å². The number of Topliss-reactive ketones (excluding diaryl/α,β-unsaturated/α-hetero) is 1. The van der Waals surface area contributed by atoms with Crippen molar-refractivity contribution in [2.75, 3.05) is 5.32 Å². The molecule has 1 N–H and O–H groups in total. The molecule has 4 aromatic rings. The second-order valence-corrected chi connectivity index (χ2v) is 8.46. The molecular formula is C28H26N4O3. The number of hydrogen-bond donors (Lipinski definition) is 1. The molecule has 0 saturated heterocycles. The molecule has 0 bridgehead atoms. The Labute approximate surface area is 203 Å². The topological polar surface area (TPSA) is 86.0 Å². The quantitative estimate of drug-likeness (QED) is 0.228. The average Bonchev–Trinajstić information content (AvgIpc) is 3.43. The number of carbonyl (C=O) groups is 3. The standard InChI is InChI=1S/C28H26N4O3/c1-19(2)24(28(35)30-23-15-29-31(17-23)16-21-9-5-4-6-10-21)14-25(20(3)34)27-13-22-11-7-8-12-26(22)32(27)18-33/h4-15,17-18H,16H2,1-3H3,(H,30,35)/b25-14+. The van der Waals surface area contributed by atoms with Gasteiger partial charge in [-0.1, -0.05) is 54.1 Å². The lowest BCUT2D eigenvalue weighted by atomic mass is 10.0. The minimum absolute atomic E-state index is 0.252. The van der Waals surface area contributed by atoms with E-state index in [1.54, 1.807) is 43.1 Å². The number of amides is 1. The van der Waals surface area contributed by atoms with Crippen LogP contribution in [0.2, 0.25) is 0 Å². The molecule has 0 aliphatic heterocycles. The molecule has 1 amide bonds. The summed E-state index contributed by atoms with van der Waals surface area (Å²) in [6.45, 7) is 5.61. The molecule has 0 radical (unpaired) electrons. The molecule has 0 aliphatic rings. The molecule has 7 heteroatoms. The highest BCUT2D eigenvalue weighted by molar-refractivity contribution is 6.23. The number of fused-ring (bicyclic) bond motifs is 1. The van der Waals surface area contributed by atoms with Crippen molar-refractivity contribution in [2.24, 2.45) is 0 Å². The zero-order chi connectivity index (χ0) is 24.9. The first-order valence-corrected chi connectivity index (χ1v) is 11.2. The third kappa shape index (κ3) is 5.19. The van der Waals surface area contributed by atoms with E-state index < -0.39 is 0 Å². The number of nitrogens with one attached hydrogen (secondary N) is 1. The van der Waals surface area contributed by atoms with Gasteiger partial charge in [-0.25, -0.2) is 0 Å². The summed E-state index contributed by atoms with van der Waals surface area (Å²) in [6.07, 6.45) is 5.57. The molecule has 176 valence electrons. The maximum Gasteiger partial charge on any atom is 0.255 e. The Balaban J connectivity index is 1.63. The Morgan fingerprint density at radius 3 is 2.40 bits per heavy atom. The van der Waals surface area contributed by atoms with E-state index in [9.17, 15) is 14.4 Å². The lowest BCUT2D eigenvalue weighted by Crippen LogP contribution is -2.15. The molecular weight excluding hydrogens is 440 g/mol. The maximum absolute atomic E-state index is 13.2. The first kappa shape index (κ1) is 23.6.